The molecule has 5 nitrogen and oxygen atoms in total. The number of carbonyl (C=O) groups is 1. The Bertz CT molecular complexity index is 484. The van der Waals surface area contributed by atoms with Gasteiger partial charge in [0, 0.05) is 17.4 Å². The maximum atomic E-state index is 11.6. The van der Waals surface area contributed by atoms with Gasteiger partial charge < -0.3 is 15.2 Å². The van der Waals surface area contributed by atoms with Gasteiger partial charge in [0.25, 0.3) is 0 Å². The van der Waals surface area contributed by atoms with Crippen LogP contribution in [-0.4, -0.2) is 36.5 Å². The van der Waals surface area contributed by atoms with E-state index in [1.54, 1.807) is 4.90 Å². The molecule has 1 aromatic carbocycles. The van der Waals surface area contributed by atoms with Crippen molar-refractivity contribution in [1.29, 1.82) is 0 Å². The van der Waals surface area contributed by atoms with Gasteiger partial charge in [-0.15, -0.1) is 0 Å². The van der Waals surface area contributed by atoms with Crippen LogP contribution in [0.15, 0.2) is 24.3 Å². The van der Waals surface area contributed by atoms with Gasteiger partial charge in [-0.2, -0.15) is 0 Å². The minimum Gasteiger partial charge on any atom is -0.447 e. The number of benzene rings is 1. The summed E-state index contributed by atoms with van der Waals surface area (Å²) in [6.07, 6.45) is 3.27. The van der Waals surface area contributed by atoms with Gasteiger partial charge in [0.15, 0.2) is 0 Å². The monoisotopic (exact) mass is 276 g/mol. The zero-order valence-electron chi connectivity index (χ0n) is 11.4. The first kappa shape index (κ1) is 13.2. The van der Waals surface area contributed by atoms with Crippen LogP contribution in [0.5, 0.6) is 0 Å². The first-order chi connectivity index (χ1) is 9.72. The largest absolute Gasteiger partial charge is 0.447 e. The second-order valence-electron chi connectivity index (χ2n) is 5.47. The van der Waals surface area contributed by atoms with Gasteiger partial charge >= 0.3 is 6.09 Å². The number of aliphatic hydroxyl groups is 1. The summed E-state index contributed by atoms with van der Waals surface area (Å²) in [4.78, 5) is 13.2. The number of anilines is 2. The molecule has 0 unspecified atom stereocenters. The van der Waals surface area contributed by atoms with E-state index < -0.39 is 0 Å². The van der Waals surface area contributed by atoms with Crippen molar-refractivity contribution in [3.05, 3.63) is 24.3 Å². The first-order valence-corrected chi connectivity index (χ1v) is 7.21. The maximum Gasteiger partial charge on any atom is 0.414 e. The number of hydrogen-bond acceptors (Lipinski definition) is 4. The van der Waals surface area contributed by atoms with E-state index in [0.29, 0.717) is 19.2 Å². The Labute approximate surface area is 118 Å². The third-order valence-corrected chi connectivity index (χ3v) is 3.99. The summed E-state index contributed by atoms with van der Waals surface area (Å²) in [5.41, 5.74) is 1.89. The highest BCUT2D eigenvalue weighted by atomic mass is 16.6. The summed E-state index contributed by atoms with van der Waals surface area (Å²) >= 11 is 0. The number of ether oxygens (including phenoxy) is 1. The fraction of sp³-hybridized carbons (Fsp3) is 0.533. The molecule has 0 bridgehead atoms. The summed E-state index contributed by atoms with van der Waals surface area (Å²) in [6, 6.07) is 8.26. The summed E-state index contributed by atoms with van der Waals surface area (Å²) in [6.45, 7) is 1.06. The maximum absolute atomic E-state index is 11.6. The Hall–Kier alpha value is -1.75. The van der Waals surface area contributed by atoms with Crippen LogP contribution in [0, 0.1) is 0 Å². The van der Waals surface area contributed by atoms with Gasteiger partial charge in [0.05, 0.1) is 12.6 Å². The lowest BCUT2D eigenvalue weighted by Crippen LogP contribution is -2.28. The molecule has 2 N–H and O–H groups in total. The van der Waals surface area contributed by atoms with E-state index in [-0.39, 0.29) is 12.2 Å². The molecule has 0 radical (unpaired) electrons. The number of rotatable bonds is 3. The van der Waals surface area contributed by atoms with E-state index in [0.717, 1.165) is 37.1 Å². The standard InChI is InChI=1S/C15H20N2O3/c18-14-6-4-11(5-7-14)16-12-2-1-3-13(10-12)17-8-9-20-15(17)19/h1-3,10-11,14,16,18H,4-9H2. The Kier molecular flexibility index (Phi) is 3.78. The molecule has 1 aliphatic carbocycles. The Morgan fingerprint density at radius 3 is 2.75 bits per heavy atom. The molecule has 1 heterocycles. The molecule has 1 aliphatic heterocycles. The van der Waals surface area contributed by atoms with E-state index in [1.807, 2.05) is 24.3 Å². The lowest BCUT2D eigenvalue weighted by atomic mass is 9.93. The molecule has 108 valence electrons. The third-order valence-electron chi connectivity index (χ3n) is 3.99. The van der Waals surface area contributed by atoms with Gasteiger partial charge in [0.1, 0.15) is 6.61 Å². The molecule has 1 saturated carbocycles. The molecular weight excluding hydrogens is 256 g/mol. The number of aliphatic hydroxyl groups excluding tert-OH is 1. The second-order valence-corrected chi connectivity index (χ2v) is 5.47. The van der Waals surface area contributed by atoms with Crippen LogP contribution in [0.1, 0.15) is 25.7 Å². The fourth-order valence-electron chi connectivity index (χ4n) is 2.85. The van der Waals surface area contributed by atoms with Crippen molar-refractivity contribution in [2.45, 2.75) is 37.8 Å². The van der Waals surface area contributed by atoms with Gasteiger partial charge in [-0.3, -0.25) is 4.90 Å². The minimum atomic E-state index is -0.275. The van der Waals surface area contributed by atoms with Crippen molar-refractivity contribution in [3.63, 3.8) is 0 Å². The summed E-state index contributed by atoms with van der Waals surface area (Å²) in [5, 5.41) is 13.0. The summed E-state index contributed by atoms with van der Waals surface area (Å²) < 4.78 is 4.96. The summed E-state index contributed by atoms with van der Waals surface area (Å²) in [5.74, 6) is 0. The van der Waals surface area contributed by atoms with Crippen LogP contribution in [-0.2, 0) is 4.74 Å². The molecule has 0 aromatic heterocycles. The second kappa shape index (κ2) is 5.71. The highest BCUT2D eigenvalue weighted by molar-refractivity contribution is 5.89. The van der Waals surface area contributed by atoms with E-state index in [2.05, 4.69) is 5.32 Å². The quantitative estimate of drug-likeness (QED) is 0.889. The van der Waals surface area contributed by atoms with Crippen LogP contribution in [0.4, 0.5) is 16.2 Å². The topological polar surface area (TPSA) is 61.8 Å². The molecule has 1 saturated heterocycles. The van der Waals surface area contributed by atoms with Gasteiger partial charge in [-0.25, -0.2) is 4.79 Å². The van der Waals surface area contributed by atoms with E-state index >= 15 is 0 Å². The van der Waals surface area contributed by atoms with Gasteiger partial charge in [-0.1, -0.05) is 6.07 Å². The lowest BCUT2D eigenvalue weighted by molar-refractivity contribution is 0.126. The zero-order valence-corrected chi connectivity index (χ0v) is 11.4. The van der Waals surface area contributed by atoms with Crippen LogP contribution < -0.4 is 10.2 Å². The SMILES string of the molecule is O=C1OCCN1c1cccc(NC2CCC(O)CC2)c1. The zero-order chi connectivity index (χ0) is 13.9. The molecule has 1 aromatic rings. The number of nitrogens with zero attached hydrogens (tertiary/aromatic N) is 1. The molecule has 20 heavy (non-hydrogen) atoms. The number of hydrogen-bond donors (Lipinski definition) is 2. The number of carbonyl (C=O) groups excluding carboxylic acids is 1. The van der Waals surface area contributed by atoms with Crippen molar-refractivity contribution in [2.75, 3.05) is 23.4 Å². The normalized spacial score (nSPS) is 26.4. The Morgan fingerprint density at radius 2 is 2.05 bits per heavy atom. The molecule has 0 spiro atoms. The van der Waals surface area contributed by atoms with Crippen molar-refractivity contribution < 1.29 is 14.6 Å². The van der Waals surface area contributed by atoms with E-state index in [4.69, 9.17) is 4.74 Å². The molecular formula is C15H20N2O3. The minimum absolute atomic E-state index is 0.140. The third kappa shape index (κ3) is 2.88. The van der Waals surface area contributed by atoms with Gasteiger partial charge in [-0.05, 0) is 43.9 Å². The number of amides is 1. The van der Waals surface area contributed by atoms with Gasteiger partial charge in [0.2, 0.25) is 0 Å². The van der Waals surface area contributed by atoms with E-state index in [1.165, 1.54) is 0 Å². The molecule has 2 fully saturated rings. The van der Waals surface area contributed by atoms with Crippen LogP contribution in [0.2, 0.25) is 0 Å². The van der Waals surface area contributed by atoms with Crippen LogP contribution in [0.3, 0.4) is 0 Å². The van der Waals surface area contributed by atoms with E-state index in [9.17, 15) is 9.90 Å². The fourth-order valence-corrected chi connectivity index (χ4v) is 2.85. The van der Waals surface area contributed by atoms with Crippen molar-refractivity contribution in [3.8, 4) is 0 Å². The molecule has 3 rings (SSSR count). The Morgan fingerprint density at radius 1 is 1.25 bits per heavy atom. The first-order valence-electron chi connectivity index (χ1n) is 7.21. The summed E-state index contributed by atoms with van der Waals surface area (Å²) in [7, 11) is 0. The molecule has 1 amide bonds. The number of nitrogens with one attached hydrogen (secondary N) is 1. The van der Waals surface area contributed by atoms with Crippen molar-refractivity contribution in [2.24, 2.45) is 0 Å². The molecule has 2 aliphatic rings. The smallest absolute Gasteiger partial charge is 0.414 e. The number of cyclic esters (lactones) is 1. The Balaban J connectivity index is 1.66. The van der Waals surface area contributed by atoms with Crippen molar-refractivity contribution >= 4 is 17.5 Å². The van der Waals surface area contributed by atoms with Crippen molar-refractivity contribution in [1.82, 2.24) is 0 Å². The predicted molar refractivity (Wildman–Crippen MR) is 77.0 cm³/mol. The average molecular weight is 276 g/mol. The predicted octanol–water partition coefficient (Wildman–Crippen LogP) is 2.36. The highest BCUT2D eigenvalue weighted by Crippen LogP contribution is 2.26. The van der Waals surface area contributed by atoms with Crippen LogP contribution >= 0.6 is 0 Å². The van der Waals surface area contributed by atoms with Crippen LogP contribution in [0.25, 0.3) is 0 Å². The molecule has 5 heteroatoms. The highest BCUT2D eigenvalue weighted by Gasteiger charge is 2.24. The average Bonchev–Trinajstić information content (AvgIpc) is 2.88. The molecule has 0 atom stereocenters. The lowest BCUT2D eigenvalue weighted by Gasteiger charge is -2.27.